The fourth-order valence-electron chi connectivity index (χ4n) is 4.48. The van der Waals surface area contributed by atoms with Crippen LogP contribution in [0.1, 0.15) is 47.5 Å². The largest absolute Gasteiger partial charge is 0.490 e. The van der Waals surface area contributed by atoms with Crippen LogP contribution in [0.2, 0.25) is 5.02 Å². The van der Waals surface area contributed by atoms with Crippen LogP contribution in [0.25, 0.3) is 0 Å². The molecule has 2 N–H and O–H groups in total. The van der Waals surface area contributed by atoms with Crippen LogP contribution in [0, 0.1) is 5.92 Å². The summed E-state index contributed by atoms with van der Waals surface area (Å²) < 4.78 is 6.18. The minimum atomic E-state index is -0.0209. The molecule has 28 heavy (non-hydrogen) atoms. The van der Waals surface area contributed by atoms with E-state index in [4.69, 9.17) is 22.1 Å². The van der Waals surface area contributed by atoms with Crippen molar-refractivity contribution in [3.63, 3.8) is 0 Å². The molecule has 0 spiro atoms. The average molecular weight is 399 g/mol. The number of likely N-dealkylation sites (tertiary alicyclic amines) is 1. The molecule has 2 atom stereocenters. The zero-order chi connectivity index (χ0) is 19.5. The smallest absolute Gasteiger partial charge is 0.257 e. The van der Waals surface area contributed by atoms with Crippen molar-refractivity contribution < 1.29 is 9.53 Å². The van der Waals surface area contributed by atoms with E-state index < -0.39 is 0 Å². The first-order chi connectivity index (χ1) is 13.7. The number of ether oxygens (including phenoxy) is 1. The third-order valence-corrected chi connectivity index (χ3v) is 6.26. The molecule has 2 fully saturated rings. The van der Waals surface area contributed by atoms with Gasteiger partial charge < -0.3 is 15.4 Å². The van der Waals surface area contributed by atoms with Gasteiger partial charge in [0.25, 0.3) is 5.91 Å². The number of carbonyl (C=O) groups is 1. The molecule has 0 unspecified atom stereocenters. The highest BCUT2D eigenvalue weighted by Gasteiger charge is 2.36. The Morgan fingerprint density at radius 3 is 2.57 bits per heavy atom. The quantitative estimate of drug-likeness (QED) is 0.808. The van der Waals surface area contributed by atoms with Crippen molar-refractivity contribution in [3.05, 3.63) is 64.7 Å². The molecule has 1 aliphatic carbocycles. The highest BCUT2D eigenvalue weighted by atomic mass is 35.5. The van der Waals surface area contributed by atoms with Crippen LogP contribution in [0.4, 0.5) is 0 Å². The Morgan fingerprint density at radius 2 is 1.86 bits per heavy atom. The highest BCUT2D eigenvalue weighted by molar-refractivity contribution is 6.31. The SMILES string of the molecule is NC[C@@H]1CN(C(=O)c2cc(Cl)ccc2OC2CCCC2)C[C@H]1c1ccccc1. The van der Waals surface area contributed by atoms with Gasteiger partial charge in [-0.3, -0.25) is 4.79 Å². The van der Waals surface area contributed by atoms with E-state index in [0.717, 1.165) is 12.8 Å². The number of halogens is 1. The monoisotopic (exact) mass is 398 g/mol. The summed E-state index contributed by atoms with van der Waals surface area (Å²) in [6, 6.07) is 15.7. The summed E-state index contributed by atoms with van der Waals surface area (Å²) in [6.07, 6.45) is 4.66. The molecule has 0 aromatic heterocycles. The van der Waals surface area contributed by atoms with Gasteiger partial charge in [0.1, 0.15) is 5.75 Å². The number of amides is 1. The van der Waals surface area contributed by atoms with E-state index in [0.29, 0.717) is 36.0 Å². The van der Waals surface area contributed by atoms with Gasteiger partial charge in [0.15, 0.2) is 0 Å². The van der Waals surface area contributed by atoms with Gasteiger partial charge in [-0.15, -0.1) is 0 Å². The van der Waals surface area contributed by atoms with E-state index in [1.54, 1.807) is 12.1 Å². The van der Waals surface area contributed by atoms with Crippen LogP contribution in [-0.2, 0) is 0 Å². The Bertz CT molecular complexity index is 821. The van der Waals surface area contributed by atoms with E-state index in [1.165, 1.54) is 18.4 Å². The normalized spacial score (nSPS) is 22.6. The third-order valence-electron chi connectivity index (χ3n) is 6.03. The molecule has 2 aromatic carbocycles. The maximum Gasteiger partial charge on any atom is 0.257 e. The maximum atomic E-state index is 13.4. The van der Waals surface area contributed by atoms with Crippen molar-refractivity contribution in [1.82, 2.24) is 4.90 Å². The number of hydrogen-bond donors (Lipinski definition) is 1. The topological polar surface area (TPSA) is 55.6 Å². The van der Waals surface area contributed by atoms with Crippen molar-refractivity contribution in [3.8, 4) is 5.75 Å². The summed E-state index contributed by atoms with van der Waals surface area (Å²) in [7, 11) is 0. The van der Waals surface area contributed by atoms with Crippen molar-refractivity contribution >= 4 is 17.5 Å². The fourth-order valence-corrected chi connectivity index (χ4v) is 4.65. The summed E-state index contributed by atoms with van der Waals surface area (Å²) >= 11 is 6.22. The minimum Gasteiger partial charge on any atom is -0.490 e. The zero-order valence-electron chi connectivity index (χ0n) is 16.0. The number of hydrogen-bond acceptors (Lipinski definition) is 3. The maximum absolute atomic E-state index is 13.4. The van der Waals surface area contributed by atoms with Crippen LogP contribution in [-0.4, -0.2) is 36.5 Å². The second-order valence-corrected chi connectivity index (χ2v) is 8.32. The van der Waals surface area contributed by atoms with Crippen LogP contribution in [0.15, 0.2) is 48.5 Å². The summed E-state index contributed by atoms with van der Waals surface area (Å²) in [5.41, 5.74) is 7.84. The first-order valence-electron chi connectivity index (χ1n) is 10.2. The Kier molecular flexibility index (Phi) is 5.88. The third kappa shape index (κ3) is 4.03. The summed E-state index contributed by atoms with van der Waals surface area (Å²) in [6.45, 7) is 1.88. The standard InChI is InChI=1S/C23H27ClN2O2/c24-18-10-11-22(28-19-8-4-5-9-19)20(12-18)23(27)26-14-17(13-25)21(15-26)16-6-2-1-3-7-16/h1-3,6-7,10-12,17,19,21H,4-5,8-9,13-15,25H2/t17-,21+/m1/s1. The molecule has 1 heterocycles. The number of rotatable bonds is 5. The molecular weight excluding hydrogens is 372 g/mol. The van der Waals surface area contributed by atoms with Crippen molar-refractivity contribution in [2.45, 2.75) is 37.7 Å². The molecule has 4 nitrogen and oxygen atoms in total. The van der Waals surface area contributed by atoms with Gasteiger partial charge in [0.2, 0.25) is 0 Å². The second kappa shape index (κ2) is 8.54. The van der Waals surface area contributed by atoms with E-state index in [1.807, 2.05) is 29.2 Å². The Hall–Kier alpha value is -2.04. The summed E-state index contributed by atoms with van der Waals surface area (Å²) in [5, 5.41) is 0.552. The van der Waals surface area contributed by atoms with Crippen LogP contribution in [0.5, 0.6) is 5.75 Å². The number of carbonyl (C=O) groups excluding carboxylic acids is 1. The lowest BCUT2D eigenvalue weighted by Gasteiger charge is -2.21. The van der Waals surface area contributed by atoms with Gasteiger partial charge in [0.05, 0.1) is 11.7 Å². The van der Waals surface area contributed by atoms with E-state index in [9.17, 15) is 4.79 Å². The second-order valence-electron chi connectivity index (χ2n) is 7.89. The fraction of sp³-hybridized carbons (Fsp3) is 0.435. The van der Waals surface area contributed by atoms with Crippen molar-refractivity contribution in [2.24, 2.45) is 11.7 Å². The molecule has 2 aromatic rings. The molecule has 1 saturated carbocycles. The zero-order valence-corrected chi connectivity index (χ0v) is 16.8. The number of benzene rings is 2. The molecule has 1 aliphatic heterocycles. The molecule has 0 bridgehead atoms. The van der Waals surface area contributed by atoms with Gasteiger partial charge in [-0.05, 0) is 61.9 Å². The first-order valence-corrected chi connectivity index (χ1v) is 10.5. The van der Waals surface area contributed by atoms with Gasteiger partial charge in [0, 0.05) is 24.0 Å². The lowest BCUT2D eigenvalue weighted by atomic mass is 9.89. The molecule has 1 saturated heterocycles. The van der Waals surface area contributed by atoms with E-state index >= 15 is 0 Å². The molecule has 5 heteroatoms. The predicted molar refractivity (Wildman–Crippen MR) is 112 cm³/mol. The van der Waals surface area contributed by atoms with E-state index in [2.05, 4.69) is 12.1 Å². The lowest BCUT2D eigenvalue weighted by Crippen LogP contribution is -2.30. The number of nitrogens with two attached hydrogens (primary N) is 1. The molecule has 148 valence electrons. The molecule has 2 aliphatic rings. The van der Waals surface area contributed by atoms with E-state index in [-0.39, 0.29) is 23.8 Å². The Labute approximate surface area is 171 Å². The predicted octanol–water partition coefficient (Wildman–Crippen LogP) is 4.48. The lowest BCUT2D eigenvalue weighted by molar-refractivity contribution is 0.0779. The first kappa shape index (κ1) is 19.3. The highest BCUT2D eigenvalue weighted by Crippen LogP contribution is 2.35. The molecule has 1 amide bonds. The number of nitrogens with zero attached hydrogens (tertiary/aromatic N) is 1. The van der Waals surface area contributed by atoms with Crippen molar-refractivity contribution in [1.29, 1.82) is 0 Å². The summed E-state index contributed by atoms with van der Waals surface area (Å²) in [4.78, 5) is 15.3. The van der Waals surface area contributed by atoms with Crippen LogP contribution < -0.4 is 10.5 Å². The summed E-state index contributed by atoms with van der Waals surface area (Å²) in [5.74, 6) is 1.14. The van der Waals surface area contributed by atoms with Gasteiger partial charge in [-0.25, -0.2) is 0 Å². The van der Waals surface area contributed by atoms with Gasteiger partial charge >= 0.3 is 0 Å². The minimum absolute atomic E-state index is 0.0209. The Balaban J connectivity index is 1.56. The van der Waals surface area contributed by atoms with Gasteiger partial charge in [-0.2, -0.15) is 0 Å². The van der Waals surface area contributed by atoms with Crippen LogP contribution in [0.3, 0.4) is 0 Å². The molecular formula is C23H27ClN2O2. The molecule has 0 radical (unpaired) electrons. The molecule has 4 rings (SSSR count). The van der Waals surface area contributed by atoms with Gasteiger partial charge in [-0.1, -0.05) is 41.9 Å². The van der Waals surface area contributed by atoms with Crippen LogP contribution >= 0.6 is 11.6 Å². The van der Waals surface area contributed by atoms with Crippen molar-refractivity contribution in [2.75, 3.05) is 19.6 Å². The Morgan fingerprint density at radius 1 is 1.11 bits per heavy atom. The average Bonchev–Trinajstić information content (AvgIpc) is 3.39.